The van der Waals surface area contributed by atoms with Crippen molar-refractivity contribution < 1.29 is 4.79 Å². The third kappa shape index (κ3) is 2.53. The zero-order valence-corrected chi connectivity index (χ0v) is 11.3. The van der Waals surface area contributed by atoms with Gasteiger partial charge in [0.1, 0.15) is 18.7 Å². The number of hydrogen-bond donors (Lipinski definition) is 1. The van der Waals surface area contributed by atoms with E-state index in [1.54, 1.807) is 11.0 Å². The number of carbonyl (C=O) groups is 1. The molecule has 0 spiro atoms. The van der Waals surface area contributed by atoms with E-state index < -0.39 is 0 Å². The van der Waals surface area contributed by atoms with Gasteiger partial charge in [0.25, 0.3) is 0 Å². The van der Waals surface area contributed by atoms with Crippen LogP contribution in [0.1, 0.15) is 32.7 Å². The summed E-state index contributed by atoms with van der Waals surface area (Å²) in [7, 11) is 1.98. The number of carbonyl (C=O) groups excluding carboxylic acids is 1. The van der Waals surface area contributed by atoms with Crippen molar-refractivity contribution in [1.29, 1.82) is 0 Å². The molecule has 1 amide bonds. The van der Waals surface area contributed by atoms with E-state index in [2.05, 4.69) is 22.3 Å². The van der Waals surface area contributed by atoms with Crippen LogP contribution in [0.3, 0.4) is 0 Å². The predicted octanol–water partition coefficient (Wildman–Crippen LogP) is 0.440. The molecule has 1 saturated heterocycles. The summed E-state index contributed by atoms with van der Waals surface area (Å²) in [4.78, 5) is 18.1. The molecule has 0 aliphatic carbocycles. The Morgan fingerprint density at radius 2 is 2.11 bits per heavy atom. The van der Waals surface area contributed by atoms with E-state index >= 15 is 0 Å². The molecule has 1 aliphatic heterocycles. The highest BCUT2D eigenvalue weighted by Crippen LogP contribution is 2.22. The molecule has 6 nitrogen and oxygen atoms in total. The molecular weight excluding hydrogens is 230 g/mol. The van der Waals surface area contributed by atoms with Crippen molar-refractivity contribution in [2.24, 2.45) is 0 Å². The van der Waals surface area contributed by atoms with Crippen LogP contribution in [-0.2, 0) is 4.79 Å². The van der Waals surface area contributed by atoms with Crippen LogP contribution >= 0.6 is 0 Å². The fraction of sp³-hybridized carbons (Fsp3) is 0.750. The Labute approximate surface area is 107 Å². The Kier molecular flexibility index (Phi) is 3.65. The summed E-state index contributed by atoms with van der Waals surface area (Å²) in [5, 5.41) is 7.35. The van der Waals surface area contributed by atoms with Gasteiger partial charge >= 0.3 is 0 Å². The van der Waals surface area contributed by atoms with Crippen molar-refractivity contribution >= 4 is 5.91 Å². The first-order chi connectivity index (χ1) is 8.56. The number of rotatable bonds is 3. The quantitative estimate of drug-likeness (QED) is 0.846. The first kappa shape index (κ1) is 13.0. The van der Waals surface area contributed by atoms with Crippen LogP contribution in [0.5, 0.6) is 0 Å². The maximum absolute atomic E-state index is 12.3. The zero-order chi connectivity index (χ0) is 13.2. The van der Waals surface area contributed by atoms with E-state index in [0.717, 1.165) is 25.9 Å². The smallest absolute Gasteiger partial charge is 0.247 e. The number of nitrogens with zero attached hydrogens (tertiary/aromatic N) is 4. The third-order valence-corrected chi connectivity index (χ3v) is 3.97. The Hall–Kier alpha value is -1.43. The topological polar surface area (TPSA) is 63.1 Å². The Morgan fingerprint density at radius 1 is 1.44 bits per heavy atom. The zero-order valence-electron chi connectivity index (χ0n) is 11.3. The lowest BCUT2D eigenvalue weighted by Gasteiger charge is -2.40. The molecule has 0 aromatic carbocycles. The second-order valence-corrected chi connectivity index (χ2v) is 5.19. The van der Waals surface area contributed by atoms with Gasteiger partial charge in [-0.05, 0) is 33.7 Å². The summed E-state index contributed by atoms with van der Waals surface area (Å²) < 4.78 is 1.61. The molecule has 0 radical (unpaired) electrons. The molecule has 1 atom stereocenters. The molecule has 2 rings (SSSR count). The van der Waals surface area contributed by atoms with Gasteiger partial charge in [0, 0.05) is 18.6 Å². The molecule has 2 heterocycles. The van der Waals surface area contributed by atoms with Crippen LogP contribution in [0.25, 0.3) is 0 Å². The summed E-state index contributed by atoms with van der Waals surface area (Å²) in [6, 6.07) is -0.272. The molecule has 1 unspecified atom stereocenters. The van der Waals surface area contributed by atoms with Crippen LogP contribution in [0, 0.1) is 0 Å². The summed E-state index contributed by atoms with van der Waals surface area (Å²) in [6.45, 7) is 5.67. The second-order valence-electron chi connectivity index (χ2n) is 5.19. The molecule has 1 N–H and O–H groups in total. The number of hydrogen-bond acceptors (Lipinski definition) is 4. The number of piperidine rings is 1. The van der Waals surface area contributed by atoms with Crippen molar-refractivity contribution in [1.82, 2.24) is 25.0 Å². The molecule has 1 aromatic heterocycles. The number of aromatic nitrogens is 3. The van der Waals surface area contributed by atoms with Gasteiger partial charge in [-0.2, -0.15) is 5.10 Å². The lowest BCUT2D eigenvalue weighted by Crippen LogP contribution is -2.52. The van der Waals surface area contributed by atoms with Gasteiger partial charge in [0.2, 0.25) is 5.91 Å². The third-order valence-electron chi connectivity index (χ3n) is 3.97. The normalized spacial score (nSPS) is 20.7. The molecule has 0 bridgehead atoms. The maximum atomic E-state index is 12.3. The average molecular weight is 251 g/mol. The van der Waals surface area contributed by atoms with E-state index in [0.29, 0.717) is 0 Å². The van der Waals surface area contributed by atoms with E-state index in [1.807, 2.05) is 18.9 Å². The minimum absolute atomic E-state index is 0.124. The summed E-state index contributed by atoms with van der Waals surface area (Å²) >= 11 is 0. The van der Waals surface area contributed by atoms with Crippen molar-refractivity contribution in [3.63, 3.8) is 0 Å². The molecule has 6 heteroatoms. The van der Waals surface area contributed by atoms with Gasteiger partial charge in [-0.1, -0.05) is 0 Å². The van der Waals surface area contributed by atoms with Gasteiger partial charge in [-0.3, -0.25) is 4.79 Å². The van der Waals surface area contributed by atoms with Gasteiger partial charge in [-0.25, -0.2) is 9.67 Å². The monoisotopic (exact) mass is 251 g/mol. The van der Waals surface area contributed by atoms with Crippen molar-refractivity contribution in [2.75, 3.05) is 20.1 Å². The van der Waals surface area contributed by atoms with Crippen LogP contribution in [0.2, 0.25) is 0 Å². The van der Waals surface area contributed by atoms with Crippen LogP contribution in [0.15, 0.2) is 12.7 Å². The fourth-order valence-corrected chi connectivity index (χ4v) is 2.27. The lowest BCUT2D eigenvalue weighted by atomic mass is 9.89. The molecule has 100 valence electrons. The van der Waals surface area contributed by atoms with Gasteiger partial charge in [0.05, 0.1) is 0 Å². The molecule has 1 aromatic rings. The Bertz CT molecular complexity index is 395. The van der Waals surface area contributed by atoms with E-state index in [-0.39, 0.29) is 17.5 Å². The van der Waals surface area contributed by atoms with E-state index in [9.17, 15) is 4.79 Å². The van der Waals surface area contributed by atoms with Crippen molar-refractivity contribution in [2.45, 2.75) is 38.3 Å². The summed E-state index contributed by atoms with van der Waals surface area (Å²) in [6.07, 6.45) is 5.01. The van der Waals surface area contributed by atoms with Crippen molar-refractivity contribution in [3.05, 3.63) is 12.7 Å². The summed E-state index contributed by atoms with van der Waals surface area (Å²) in [5.41, 5.74) is 0.160. The second kappa shape index (κ2) is 5.06. The van der Waals surface area contributed by atoms with Gasteiger partial charge < -0.3 is 10.2 Å². The lowest BCUT2D eigenvalue weighted by molar-refractivity contribution is -0.136. The standard InChI is InChI=1S/C12H21N5O/c1-10(17-9-14-8-15-17)11(18)16-6-4-12(2,13-3)5-7-16/h8-10,13H,4-7H2,1-3H3. The first-order valence-corrected chi connectivity index (χ1v) is 6.37. The number of amides is 1. The maximum Gasteiger partial charge on any atom is 0.247 e. The minimum atomic E-state index is -0.272. The highest BCUT2D eigenvalue weighted by molar-refractivity contribution is 5.80. The first-order valence-electron chi connectivity index (χ1n) is 6.37. The van der Waals surface area contributed by atoms with E-state index in [4.69, 9.17) is 0 Å². The molecule has 1 fully saturated rings. The molecule has 0 saturated carbocycles. The van der Waals surface area contributed by atoms with Crippen LogP contribution in [0.4, 0.5) is 0 Å². The van der Waals surface area contributed by atoms with E-state index in [1.165, 1.54) is 6.33 Å². The minimum Gasteiger partial charge on any atom is -0.341 e. The Morgan fingerprint density at radius 3 is 2.61 bits per heavy atom. The predicted molar refractivity (Wildman–Crippen MR) is 68.0 cm³/mol. The fourth-order valence-electron chi connectivity index (χ4n) is 2.27. The Balaban J connectivity index is 1.96. The number of nitrogens with one attached hydrogen (secondary N) is 1. The molecule has 1 aliphatic rings. The van der Waals surface area contributed by atoms with Crippen LogP contribution < -0.4 is 5.32 Å². The molecular formula is C12H21N5O. The molecule has 18 heavy (non-hydrogen) atoms. The average Bonchev–Trinajstić information content (AvgIpc) is 2.92. The van der Waals surface area contributed by atoms with Gasteiger partial charge in [0.15, 0.2) is 0 Å². The van der Waals surface area contributed by atoms with Gasteiger partial charge in [-0.15, -0.1) is 0 Å². The summed E-state index contributed by atoms with van der Waals surface area (Å²) in [5.74, 6) is 0.124. The highest BCUT2D eigenvalue weighted by atomic mass is 16.2. The number of likely N-dealkylation sites (tertiary alicyclic amines) is 1. The van der Waals surface area contributed by atoms with Crippen LogP contribution in [-0.4, -0.2) is 51.2 Å². The largest absolute Gasteiger partial charge is 0.341 e. The highest BCUT2D eigenvalue weighted by Gasteiger charge is 2.32. The SMILES string of the molecule is CNC1(C)CCN(C(=O)C(C)n2cncn2)CC1. The van der Waals surface area contributed by atoms with Crippen molar-refractivity contribution in [3.8, 4) is 0 Å².